The van der Waals surface area contributed by atoms with Crippen LogP contribution in [0.5, 0.6) is 0 Å². The number of carbonyl (C=O) groups excluding carboxylic acids is 9. The number of methoxy groups -OCH3 is 1. The maximum Gasteiger partial charge on any atom is 0.253 e. The summed E-state index contributed by atoms with van der Waals surface area (Å²) < 4.78 is 82.2. The van der Waals surface area contributed by atoms with E-state index in [-0.39, 0.29) is 137 Å². The normalized spacial score (nSPS) is 32.2. The number of carbonyl (C=O) groups is 9. The first-order chi connectivity index (χ1) is 51.6. The van der Waals surface area contributed by atoms with Crippen LogP contribution in [0.3, 0.4) is 0 Å². The lowest BCUT2D eigenvalue weighted by Crippen LogP contribution is -2.61. The second-order valence-electron chi connectivity index (χ2n) is 29.8. The number of imide groups is 1. The minimum Gasteiger partial charge on any atom is -0.391 e. The maximum absolute atomic E-state index is 14.6. The van der Waals surface area contributed by atoms with Gasteiger partial charge in [-0.3, -0.25) is 53.0 Å². The van der Waals surface area contributed by atoms with Gasteiger partial charge in [-0.25, -0.2) is 0 Å². The maximum atomic E-state index is 14.6. The summed E-state index contributed by atoms with van der Waals surface area (Å²) >= 11 is 0. The highest BCUT2D eigenvalue weighted by atomic mass is 16.8. The van der Waals surface area contributed by atoms with Gasteiger partial charge in [0.25, 0.3) is 11.8 Å². The molecule has 10 heterocycles. The average Bonchev–Trinajstić information content (AvgIpc) is 1.61. The first kappa shape index (κ1) is 81.5. The molecular formula is C76H110N8O23. The van der Waals surface area contributed by atoms with Gasteiger partial charge in [0.1, 0.15) is 42.3 Å². The lowest BCUT2D eigenvalue weighted by Gasteiger charge is -2.47. The molecule has 592 valence electrons. The molecule has 6 N–H and O–H groups in total. The molecule has 11 bridgehead atoms. The van der Waals surface area contributed by atoms with Gasteiger partial charge in [0.05, 0.1) is 160 Å². The van der Waals surface area contributed by atoms with E-state index in [9.17, 15) is 48.3 Å². The summed E-state index contributed by atoms with van der Waals surface area (Å²) in [7, 11) is 1.56. The lowest BCUT2D eigenvalue weighted by molar-refractivity contribution is -0.312. The van der Waals surface area contributed by atoms with E-state index < -0.39 is 116 Å². The zero-order valence-corrected chi connectivity index (χ0v) is 62.0. The van der Waals surface area contributed by atoms with Crippen LogP contribution in [0, 0.1) is 11.8 Å². The Hall–Kier alpha value is -6.53. The second-order valence-corrected chi connectivity index (χ2v) is 29.8. The number of aliphatic hydroxyl groups excluding tert-OH is 1. The molecule has 9 saturated heterocycles. The van der Waals surface area contributed by atoms with Gasteiger partial charge in [0, 0.05) is 96.4 Å². The summed E-state index contributed by atoms with van der Waals surface area (Å²) in [6, 6.07) is 7.74. The number of ketones is 1. The molecule has 9 fully saturated rings. The molecule has 0 radical (unpaired) electrons. The van der Waals surface area contributed by atoms with E-state index in [1.54, 1.807) is 42.3 Å². The van der Waals surface area contributed by atoms with Crippen molar-refractivity contribution in [3.8, 4) is 0 Å². The fourth-order valence-electron chi connectivity index (χ4n) is 16.2. The van der Waals surface area contributed by atoms with Crippen molar-refractivity contribution in [2.24, 2.45) is 11.8 Å². The fourth-order valence-corrected chi connectivity index (χ4v) is 16.2. The van der Waals surface area contributed by atoms with Gasteiger partial charge in [0.2, 0.25) is 35.4 Å². The molecule has 8 amide bonds. The topological polar surface area (TPSA) is 364 Å². The highest BCUT2D eigenvalue weighted by Gasteiger charge is 2.61. The number of piperazine rings is 1. The largest absolute Gasteiger partial charge is 0.391 e. The Kier molecular flexibility index (Phi) is 30.0. The van der Waals surface area contributed by atoms with Gasteiger partial charge in [-0.1, -0.05) is 50.4 Å². The molecule has 0 spiro atoms. The molecule has 2 unspecified atom stereocenters. The summed E-state index contributed by atoms with van der Waals surface area (Å²) in [4.78, 5) is 121. The van der Waals surface area contributed by atoms with E-state index in [0.29, 0.717) is 110 Å². The highest BCUT2D eigenvalue weighted by molar-refractivity contribution is 6.12. The van der Waals surface area contributed by atoms with Crippen molar-refractivity contribution >= 4 is 53.0 Å². The second kappa shape index (κ2) is 39.4. The summed E-state index contributed by atoms with van der Waals surface area (Å²) in [5, 5.41) is 24.6. The molecule has 10 aliphatic rings. The van der Waals surface area contributed by atoms with Crippen molar-refractivity contribution in [1.29, 1.82) is 0 Å². The predicted octanol–water partition coefficient (Wildman–Crippen LogP) is 0.445. The van der Waals surface area contributed by atoms with E-state index in [2.05, 4.69) is 46.7 Å². The number of amides is 8. The van der Waals surface area contributed by atoms with Crippen LogP contribution in [-0.4, -0.2) is 308 Å². The van der Waals surface area contributed by atoms with Gasteiger partial charge in [-0.05, 0) is 74.5 Å². The summed E-state index contributed by atoms with van der Waals surface area (Å²) in [5.74, 6) is -5.15. The smallest absolute Gasteiger partial charge is 0.253 e. The third-order valence-electron chi connectivity index (χ3n) is 22.0. The number of rotatable bonds is 32. The first-order valence-corrected chi connectivity index (χ1v) is 38.2. The van der Waals surface area contributed by atoms with Crippen LogP contribution in [-0.2, 0) is 111 Å². The van der Waals surface area contributed by atoms with Crippen LogP contribution >= 0.6 is 0 Å². The predicted molar refractivity (Wildman–Crippen MR) is 380 cm³/mol. The van der Waals surface area contributed by atoms with E-state index in [1.165, 1.54) is 12.2 Å². The summed E-state index contributed by atoms with van der Waals surface area (Å²) in [6.45, 7) is 16.0. The Morgan fingerprint density at radius 1 is 0.645 bits per heavy atom. The minimum absolute atomic E-state index is 0.0158. The molecular weight excluding hydrogens is 1390 g/mol. The van der Waals surface area contributed by atoms with Crippen molar-refractivity contribution in [1.82, 2.24) is 41.3 Å². The Bertz CT molecular complexity index is 3250. The van der Waals surface area contributed by atoms with Gasteiger partial charge in [0.15, 0.2) is 5.79 Å². The van der Waals surface area contributed by atoms with E-state index in [0.717, 1.165) is 41.7 Å². The monoisotopic (exact) mass is 1500 g/mol. The first-order valence-electron chi connectivity index (χ1n) is 38.2. The number of nitrogens with one attached hydrogen (secondary N) is 5. The third-order valence-corrected chi connectivity index (χ3v) is 22.0. The molecule has 31 nitrogen and oxygen atoms in total. The van der Waals surface area contributed by atoms with Crippen LogP contribution in [0.1, 0.15) is 103 Å². The molecule has 1 aromatic carbocycles. The van der Waals surface area contributed by atoms with Gasteiger partial charge in [-0.2, -0.15) is 0 Å². The Labute approximate surface area is 625 Å². The number of nitrogens with zero attached hydrogens (tertiary/aromatic N) is 3. The minimum atomic E-state index is -1.17. The SMILES string of the molecule is C=C1C[C@@H]2CC[C@]3(C)O[C@H]4COC5C4O[C@H]4CC[C@H](CC(=O)C[C@@H]6[C@@H](OC)[C@@H](C[C@H](O)CNC(=O)CNC(=O)[C@H](Cc7ccccc7)NC(=O)CNC(=O)CNC(=O)CN7CCN(C(=O)CCOCCOCCOCCOCCN8C(=O)C=CC8=O)CC7)O[C@H]6C[C@H]6O[C@@H](CC[C@@H]1O2)C[C@@H](C)C6=C)O[C@@H]4[C@@H]5O3. The molecule has 107 heavy (non-hydrogen) atoms. The Morgan fingerprint density at radius 3 is 2.04 bits per heavy atom. The molecule has 0 aliphatic carbocycles. The molecule has 1 aromatic rings. The van der Waals surface area contributed by atoms with Crippen molar-refractivity contribution < 1.29 is 110 Å². The molecule has 0 saturated carbocycles. The number of ether oxygens (including phenoxy) is 13. The number of hydrogen-bond acceptors (Lipinski definition) is 24. The lowest BCUT2D eigenvalue weighted by atomic mass is 9.81. The van der Waals surface area contributed by atoms with Gasteiger partial charge >= 0.3 is 0 Å². The number of benzene rings is 1. The summed E-state index contributed by atoms with van der Waals surface area (Å²) in [5.41, 5.74) is 2.71. The van der Waals surface area contributed by atoms with Crippen LogP contribution in [0.2, 0.25) is 0 Å². The van der Waals surface area contributed by atoms with Crippen molar-refractivity contribution in [3.05, 3.63) is 72.4 Å². The van der Waals surface area contributed by atoms with Gasteiger partial charge in [-0.15, -0.1) is 0 Å². The van der Waals surface area contributed by atoms with Crippen molar-refractivity contribution in [2.75, 3.05) is 132 Å². The van der Waals surface area contributed by atoms with E-state index in [4.69, 9.17) is 61.6 Å². The third kappa shape index (κ3) is 23.1. The van der Waals surface area contributed by atoms with Crippen molar-refractivity contribution in [2.45, 2.75) is 207 Å². The van der Waals surface area contributed by atoms with E-state index in [1.807, 2.05) is 11.8 Å². The standard InChI is InChI=1S/C76H110N8O23/c1-46-33-52-11-13-57-47(2)34-54(101-57)17-19-76(4)106-62-45-100-73-72(62)105-58-14-12-53(103-71(58)74(73)107-76)36-50(85)37-55-60(39-59(102-52)48(46)3)104-61(70(55)95-5)38-51(86)40-77-64(88)42-80-75(94)56(35-49-9-7-6-8-10-49)81-65(89)43-78-63(87)41-79-66(90)44-82-20-22-83(23-21-82)67(91)18-25-96-27-29-98-31-32-99-30-28-97-26-24-84-68(92)15-16-69(84)93/h6-10,15-16,46,51-62,70-74,86H,2-3,11-14,17-45H2,1,4-5H3,(H,77,88)(H,78,87)(H,79,90)(H,80,94)(H,81,89)/t46-,51+,52+,53-,54+,55+,56+,57+,58+,59-,60+,61-,62+,70-,71+,72?,73?,74+,76-/m1/s1. The molecule has 10 aliphatic heterocycles. The van der Waals surface area contributed by atoms with Crippen LogP contribution < -0.4 is 26.6 Å². The van der Waals surface area contributed by atoms with Crippen LogP contribution in [0.25, 0.3) is 0 Å². The van der Waals surface area contributed by atoms with Crippen LogP contribution in [0.15, 0.2) is 66.8 Å². The van der Waals surface area contributed by atoms with Crippen LogP contribution in [0.4, 0.5) is 0 Å². The number of fused-ring (bicyclic) bond motifs is 7. The van der Waals surface area contributed by atoms with E-state index >= 15 is 0 Å². The molecule has 19 atom stereocenters. The Morgan fingerprint density at radius 2 is 1.30 bits per heavy atom. The number of aliphatic hydroxyl groups is 1. The van der Waals surface area contributed by atoms with Crippen molar-refractivity contribution in [3.63, 3.8) is 0 Å². The van der Waals surface area contributed by atoms with Gasteiger partial charge < -0.3 is 98.2 Å². The highest BCUT2D eigenvalue weighted by Crippen LogP contribution is 2.47. The Balaban J connectivity index is 0.590. The fraction of sp³-hybridized carbons (Fsp3) is 0.724. The molecule has 31 heteroatoms. The molecule has 11 rings (SSSR count). The zero-order chi connectivity index (χ0) is 75.6. The number of Topliss-reactive ketones (excluding diaryl/α,β-unsaturated/α-hetero) is 1. The molecule has 0 aromatic heterocycles. The quantitative estimate of drug-likeness (QED) is 0.0324. The average molecular weight is 1500 g/mol. The number of hydrogen-bond donors (Lipinski definition) is 6. The summed E-state index contributed by atoms with van der Waals surface area (Å²) in [6.07, 6.45) is 2.62. The zero-order valence-electron chi connectivity index (χ0n) is 62.0.